The van der Waals surface area contributed by atoms with Gasteiger partial charge in [0.05, 0.1) is 6.10 Å². The molecule has 0 saturated heterocycles. The molecule has 0 radical (unpaired) electrons. The zero-order chi connectivity index (χ0) is 12.0. The van der Waals surface area contributed by atoms with E-state index in [1.807, 2.05) is 44.4 Å². The summed E-state index contributed by atoms with van der Waals surface area (Å²) in [7, 11) is 0. The van der Waals surface area contributed by atoms with E-state index in [0.717, 1.165) is 5.69 Å². The molecule has 0 fully saturated rings. The van der Waals surface area contributed by atoms with Crippen LogP contribution in [0.2, 0.25) is 0 Å². The Kier molecular flexibility index (Phi) is 5.35. The van der Waals surface area contributed by atoms with Crippen molar-refractivity contribution in [2.75, 3.05) is 18.2 Å². The highest BCUT2D eigenvalue weighted by molar-refractivity contribution is 7.98. The quantitative estimate of drug-likeness (QED) is 0.803. The topological polar surface area (TPSA) is 38.3 Å². The molecule has 16 heavy (non-hydrogen) atoms. The molecule has 0 heterocycles. The van der Waals surface area contributed by atoms with Crippen molar-refractivity contribution in [3.05, 3.63) is 24.3 Å². The fraction of sp³-hybridized carbons (Fsp3) is 0.417. The van der Waals surface area contributed by atoms with Crippen molar-refractivity contribution in [3.8, 4) is 0 Å². The van der Waals surface area contributed by atoms with Crippen LogP contribution in [0.3, 0.4) is 0 Å². The maximum atomic E-state index is 11.4. The minimum atomic E-state index is -0.120. The summed E-state index contributed by atoms with van der Waals surface area (Å²) >= 11 is 1.67. The predicted molar refractivity (Wildman–Crippen MR) is 67.9 cm³/mol. The van der Waals surface area contributed by atoms with Crippen LogP contribution in [0.1, 0.15) is 13.8 Å². The second-order valence-electron chi connectivity index (χ2n) is 3.64. The van der Waals surface area contributed by atoms with Crippen molar-refractivity contribution >= 4 is 23.4 Å². The second-order valence-corrected chi connectivity index (χ2v) is 4.52. The molecular weight excluding hydrogens is 222 g/mol. The molecule has 1 N–H and O–H groups in total. The second kappa shape index (κ2) is 6.55. The van der Waals surface area contributed by atoms with E-state index in [-0.39, 0.29) is 18.6 Å². The Balaban J connectivity index is 2.43. The first kappa shape index (κ1) is 13.1. The highest BCUT2D eigenvalue weighted by atomic mass is 32.2. The molecule has 88 valence electrons. The molecule has 3 nitrogen and oxygen atoms in total. The van der Waals surface area contributed by atoms with Crippen LogP contribution in [0.5, 0.6) is 0 Å². The number of hydrogen-bond donors (Lipinski definition) is 1. The van der Waals surface area contributed by atoms with Crippen LogP contribution in [-0.4, -0.2) is 24.9 Å². The summed E-state index contributed by atoms with van der Waals surface area (Å²) in [6, 6.07) is 7.73. The fourth-order valence-corrected chi connectivity index (χ4v) is 1.52. The lowest BCUT2D eigenvalue weighted by Crippen LogP contribution is -2.20. The Hall–Kier alpha value is -1.00. The van der Waals surface area contributed by atoms with Gasteiger partial charge in [0.2, 0.25) is 5.91 Å². The first-order valence-corrected chi connectivity index (χ1v) is 6.40. The van der Waals surface area contributed by atoms with E-state index in [0.29, 0.717) is 0 Å². The lowest BCUT2D eigenvalue weighted by molar-refractivity contribution is -0.121. The van der Waals surface area contributed by atoms with Gasteiger partial charge in [0.25, 0.3) is 0 Å². The lowest BCUT2D eigenvalue weighted by atomic mass is 10.3. The SMILES string of the molecule is CSc1ccc(NC(=O)COC(C)C)cc1. The van der Waals surface area contributed by atoms with Crippen molar-refractivity contribution in [3.63, 3.8) is 0 Å². The van der Waals surface area contributed by atoms with Gasteiger partial charge in [-0.25, -0.2) is 0 Å². The fourth-order valence-electron chi connectivity index (χ4n) is 1.11. The van der Waals surface area contributed by atoms with E-state index in [2.05, 4.69) is 5.32 Å². The van der Waals surface area contributed by atoms with Crippen LogP contribution in [0.15, 0.2) is 29.2 Å². The maximum Gasteiger partial charge on any atom is 0.250 e. The van der Waals surface area contributed by atoms with Gasteiger partial charge in [0, 0.05) is 10.6 Å². The normalized spacial score (nSPS) is 10.5. The zero-order valence-corrected chi connectivity index (χ0v) is 10.6. The van der Waals surface area contributed by atoms with Crippen molar-refractivity contribution in [2.24, 2.45) is 0 Å². The van der Waals surface area contributed by atoms with Crippen molar-refractivity contribution in [2.45, 2.75) is 24.8 Å². The molecular formula is C12H17NO2S. The van der Waals surface area contributed by atoms with Gasteiger partial charge in [-0.05, 0) is 44.4 Å². The van der Waals surface area contributed by atoms with Crippen molar-refractivity contribution < 1.29 is 9.53 Å². The van der Waals surface area contributed by atoms with Crippen LogP contribution in [0, 0.1) is 0 Å². The molecule has 0 aliphatic carbocycles. The molecule has 0 aliphatic heterocycles. The third kappa shape index (κ3) is 4.68. The minimum Gasteiger partial charge on any atom is -0.369 e. The van der Waals surface area contributed by atoms with E-state index >= 15 is 0 Å². The Morgan fingerprint density at radius 1 is 1.38 bits per heavy atom. The summed E-state index contributed by atoms with van der Waals surface area (Å²) in [6.07, 6.45) is 2.09. The smallest absolute Gasteiger partial charge is 0.250 e. The first-order chi connectivity index (χ1) is 7.61. The summed E-state index contributed by atoms with van der Waals surface area (Å²) in [6.45, 7) is 3.91. The lowest BCUT2D eigenvalue weighted by Gasteiger charge is -2.08. The number of rotatable bonds is 5. The summed E-state index contributed by atoms with van der Waals surface area (Å²) in [5, 5.41) is 2.78. The van der Waals surface area contributed by atoms with E-state index in [1.54, 1.807) is 11.8 Å². The van der Waals surface area contributed by atoms with Gasteiger partial charge in [0.1, 0.15) is 6.61 Å². The number of amides is 1. The Morgan fingerprint density at radius 3 is 2.50 bits per heavy atom. The molecule has 1 amide bonds. The van der Waals surface area contributed by atoms with E-state index in [9.17, 15) is 4.79 Å². The van der Waals surface area contributed by atoms with Crippen LogP contribution in [-0.2, 0) is 9.53 Å². The highest BCUT2D eigenvalue weighted by Gasteiger charge is 2.03. The van der Waals surface area contributed by atoms with Crippen LogP contribution >= 0.6 is 11.8 Å². The number of carbonyl (C=O) groups is 1. The number of ether oxygens (including phenoxy) is 1. The van der Waals surface area contributed by atoms with E-state index < -0.39 is 0 Å². The van der Waals surface area contributed by atoms with Crippen molar-refractivity contribution in [1.29, 1.82) is 0 Å². The van der Waals surface area contributed by atoms with Gasteiger partial charge < -0.3 is 10.1 Å². The van der Waals surface area contributed by atoms with Gasteiger partial charge >= 0.3 is 0 Å². The van der Waals surface area contributed by atoms with E-state index in [4.69, 9.17) is 4.74 Å². The summed E-state index contributed by atoms with van der Waals surface area (Å²) in [4.78, 5) is 12.6. The average Bonchev–Trinajstić information content (AvgIpc) is 2.27. The average molecular weight is 239 g/mol. The summed E-state index contributed by atoms with van der Waals surface area (Å²) < 4.78 is 5.20. The largest absolute Gasteiger partial charge is 0.369 e. The molecule has 0 atom stereocenters. The number of thioether (sulfide) groups is 1. The van der Waals surface area contributed by atoms with Crippen LogP contribution in [0.25, 0.3) is 0 Å². The molecule has 0 aromatic heterocycles. The molecule has 0 bridgehead atoms. The molecule has 0 aliphatic rings. The van der Waals surface area contributed by atoms with Gasteiger partial charge in [-0.2, -0.15) is 0 Å². The van der Waals surface area contributed by atoms with Gasteiger partial charge in [-0.15, -0.1) is 11.8 Å². The first-order valence-electron chi connectivity index (χ1n) is 5.17. The molecule has 1 aromatic rings. The molecule has 1 aromatic carbocycles. The molecule has 0 spiro atoms. The zero-order valence-electron chi connectivity index (χ0n) is 9.82. The maximum absolute atomic E-state index is 11.4. The molecule has 0 unspecified atom stereocenters. The third-order valence-corrected chi connectivity index (χ3v) is 2.67. The Bertz CT molecular complexity index is 335. The van der Waals surface area contributed by atoms with E-state index in [1.165, 1.54) is 4.90 Å². The standard InChI is InChI=1S/C12H17NO2S/c1-9(2)15-8-12(14)13-10-4-6-11(16-3)7-5-10/h4-7,9H,8H2,1-3H3,(H,13,14). The Morgan fingerprint density at radius 2 is 2.00 bits per heavy atom. The third-order valence-electron chi connectivity index (χ3n) is 1.92. The van der Waals surface area contributed by atoms with Gasteiger partial charge in [-0.1, -0.05) is 0 Å². The highest BCUT2D eigenvalue weighted by Crippen LogP contribution is 2.17. The monoisotopic (exact) mass is 239 g/mol. The molecule has 1 rings (SSSR count). The van der Waals surface area contributed by atoms with Crippen molar-refractivity contribution in [1.82, 2.24) is 0 Å². The molecule has 0 saturated carbocycles. The number of hydrogen-bond acceptors (Lipinski definition) is 3. The number of carbonyl (C=O) groups excluding carboxylic acids is 1. The van der Waals surface area contributed by atoms with Gasteiger partial charge in [0.15, 0.2) is 0 Å². The van der Waals surface area contributed by atoms with Crippen LogP contribution < -0.4 is 5.32 Å². The minimum absolute atomic E-state index is 0.0737. The number of benzene rings is 1. The Labute approximate surface area is 101 Å². The summed E-state index contributed by atoms with van der Waals surface area (Å²) in [5.41, 5.74) is 0.801. The summed E-state index contributed by atoms with van der Waals surface area (Å²) in [5.74, 6) is -0.120. The number of nitrogens with one attached hydrogen (secondary N) is 1. The predicted octanol–water partition coefficient (Wildman–Crippen LogP) is 2.77. The number of anilines is 1. The van der Waals surface area contributed by atoms with Crippen LogP contribution in [0.4, 0.5) is 5.69 Å². The molecule has 4 heteroatoms. The van der Waals surface area contributed by atoms with Gasteiger partial charge in [-0.3, -0.25) is 4.79 Å².